The summed E-state index contributed by atoms with van der Waals surface area (Å²) in [4.78, 5) is 17.7. The highest BCUT2D eigenvalue weighted by Gasteiger charge is 2.50. The number of halogens is 2. The molecule has 2 fully saturated rings. The number of amides is 1. The summed E-state index contributed by atoms with van der Waals surface area (Å²) in [5, 5.41) is 4.01. The number of fused-ring (bicyclic) bond motifs is 1. The van der Waals surface area contributed by atoms with Crippen molar-refractivity contribution >= 4 is 35.6 Å². The quantitative estimate of drug-likeness (QED) is 0.778. The fraction of sp³-hybridized carbons (Fsp3) is 0.435. The number of nitrogens with one attached hydrogen (secondary N) is 1. The predicted octanol–water partition coefficient (Wildman–Crippen LogP) is 4.05. The van der Waals surface area contributed by atoms with Crippen molar-refractivity contribution < 1.29 is 4.79 Å². The van der Waals surface area contributed by atoms with Crippen LogP contribution in [0.4, 0.5) is 5.69 Å². The highest BCUT2D eigenvalue weighted by atomic mass is 35.5. The van der Waals surface area contributed by atoms with Crippen LogP contribution < -0.4 is 10.2 Å². The van der Waals surface area contributed by atoms with Gasteiger partial charge < -0.3 is 10.2 Å². The molecular formula is C23H27Cl2N3O. The summed E-state index contributed by atoms with van der Waals surface area (Å²) in [5.41, 5.74) is 3.47. The van der Waals surface area contributed by atoms with E-state index in [0.717, 1.165) is 55.9 Å². The number of piperidine rings is 1. The summed E-state index contributed by atoms with van der Waals surface area (Å²) in [6.07, 6.45) is 5.03. The highest BCUT2D eigenvalue weighted by Crippen LogP contribution is 2.38. The maximum atomic E-state index is 12.8. The van der Waals surface area contributed by atoms with Crippen molar-refractivity contribution in [3.63, 3.8) is 0 Å². The number of para-hydroxylation sites is 1. The molecule has 2 saturated heterocycles. The van der Waals surface area contributed by atoms with E-state index in [0.29, 0.717) is 12.7 Å². The van der Waals surface area contributed by atoms with Gasteiger partial charge in [0.25, 0.3) is 0 Å². The van der Waals surface area contributed by atoms with Crippen LogP contribution in [0.3, 0.4) is 0 Å². The molecule has 5 rings (SSSR count). The van der Waals surface area contributed by atoms with Crippen LogP contribution in [0.2, 0.25) is 5.02 Å². The van der Waals surface area contributed by atoms with Crippen molar-refractivity contribution in [3.05, 3.63) is 64.7 Å². The van der Waals surface area contributed by atoms with Crippen LogP contribution in [0, 0.1) is 0 Å². The summed E-state index contributed by atoms with van der Waals surface area (Å²) in [5.74, 6) is 0.191. The van der Waals surface area contributed by atoms with Crippen molar-refractivity contribution in [3.8, 4) is 0 Å². The average molecular weight is 432 g/mol. The first-order valence-electron chi connectivity index (χ1n) is 10.3. The monoisotopic (exact) mass is 431 g/mol. The first kappa shape index (κ1) is 20.5. The van der Waals surface area contributed by atoms with Crippen molar-refractivity contribution in [1.29, 1.82) is 0 Å². The van der Waals surface area contributed by atoms with Gasteiger partial charge in [-0.25, -0.2) is 0 Å². The Bertz CT molecular complexity index is 881. The first-order chi connectivity index (χ1) is 13.7. The lowest BCUT2D eigenvalue weighted by Crippen LogP contribution is -2.58. The van der Waals surface area contributed by atoms with E-state index >= 15 is 0 Å². The second-order valence-corrected chi connectivity index (χ2v) is 8.68. The third-order valence-electron chi connectivity index (χ3n) is 6.95. The molecule has 3 aliphatic rings. The molecule has 1 spiro atoms. The second-order valence-electron chi connectivity index (χ2n) is 8.27. The molecule has 4 nitrogen and oxygen atoms in total. The van der Waals surface area contributed by atoms with Crippen LogP contribution in [0.15, 0.2) is 48.5 Å². The second kappa shape index (κ2) is 8.17. The molecule has 1 unspecified atom stereocenters. The third kappa shape index (κ3) is 3.52. The Balaban J connectivity index is 0.00000205. The fourth-order valence-corrected chi connectivity index (χ4v) is 5.63. The van der Waals surface area contributed by atoms with Gasteiger partial charge in [0.05, 0.1) is 6.67 Å². The number of carbonyl (C=O) groups excluding carboxylic acids is 1. The Morgan fingerprint density at radius 1 is 1.03 bits per heavy atom. The van der Waals surface area contributed by atoms with Gasteiger partial charge >= 0.3 is 0 Å². The number of rotatable bonds is 2. The minimum Gasteiger partial charge on any atom is -0.339 e. The van der Waals surface area contributed by atoms with Crippen molar-refractivity contribution in [1.82, 2.24) is 10.2 Å². The van der Waals surface area contributed by atoms with Gasteiger partial charge in [0.2, 0.25) is 5.91 Å². The molecule has 154 valence electrons. The van der Waals surface area contributed by atoms with Crippen LogP contribution >= 0.6 is 24.0 Å². The van der Waals surface area contributed by atoms with Crippen molar-refractivity contribution in [2.75, 3.05) is 24.7 Å². The lowest BCUT2D eigenvalue weighted by molar-refractivity contribution is -0.125. The van der Waals surface area contributed by atoms with Gasteiger partial charge in [-0.1, -0.05) is 41.9 Å². The molecular weight excluding hydrogens is 405 g/mol. The number of anilines is 1. The normalized spacial score (nSPS) is 23.4. The minimum absolute atomic E-state index is 0. The maximum absolute atomic E-state index is 12.8. The van der Waals surface area contributed by atoms with Crippen LogP contribution in [0.5, 0.6) is 0 Å². The maximum Gasteiger partial charge on any atom is 0.247 e. The molecule has 1 aliphatic carbocycles. The molecule has 1 N–H and O–H groups in total. The zero-order valence-corrected chi connectivity index (χ0v) is 18.0. The Morgan fingerprint density at radius 2 is 1.79 bits per heavy atom. The van der Waals surface area contributed by atoms with Crippen molar-refractivity contribution in [2.45, 2.75) is 43.7 Å². The van der Waals surface area contributed by atoms with Crippen LogP contribution in [0.25, 0.3) is 0 Å². The standard InChI is InChI=1S/C23H26ClN3O.ClH/c24-21-8-4-5-17-15-19(9-10-20(17)21)26-13-11-23(12-14-26)22(28)25-16-27(23)18-6-2-1-3-7-18;/h1-8,19H,9-16H2,(H,25,28);1H. The number of hydrogen-bond acceptors (Lipinski definition) is 3. The van der Waals surface area contributed by atoms with E-state index in [1.165, 1.54) is 11.1 Å². The Kier molecular flexibility index (Phi) is 5.78. The Morgan fingerprint density at radius 3 is 2.55 bits per heavy atom. The highest BCUT2D eigenvalue weighted by molar-refractivity contribution is 6.31. The number of benzene rings is 2. The van der Waals surface area contributed by atoms with Gasteiger partial charge in [0.15, 0.2) is 0 Å². The number of nitrogens with zero attached hydrogens (tertiary/aromatic N) is 2. The van der Waals surface area contributed by atoms with E-state index < -0.39 is 5.54 Å². The summed E-state index contributed by atoms with van der Waals surface area (Å²) in [7, 11) is 0. The molecule has 29 heavy (non-hydrogen) atoms. The van der Waals surface area contributed by atoms with Crippen LogP contribution in [-0.4, -0.2) is 42.1 Å². The molecule has 2 aromatic carbocycles. The molecule has 6 heteroatoms. The van der Waals surface area contributed by atoms with Gasteiger partial charge in [-0.15, -0.1) is 12.4 Å². The van der Waals surface area contributed by atoms with E-state index in [2.05, 4.69) is 39.4 Å². The van der Waals surface area contributed by atoms with Gasteiger partial charge in [0.1, 0.15) is 5.54 Å². The number of hydrogen-bond donors (Lipinski definition) is 1. The summed E-state index contributed by atoms with van der Waals surface area (Å²) in [6, 6.07) is 17.2. The molecule has 0 saturated carbocycles. The number of likely N-dealkylation sites (tertiary alicyclic amines) is 1. The molecule has 1 amide bonds. The molecule has 0 radical (unpaired) electrons. The third-order valence-corrected chi connectivity index (χ3v) is 7.30. The fourth-order valence-electron chi connectivity index (χ4n) is 5.34. The van der Waals surface area contributed by atoms with E-state index in [1.807, 2.05) is 24.3 Å². The minimum atomic E-state index is -0.395. The SMILES string of the molecule is Cl.O=C1NCN(c2ccccc2)C12CCN(C1CCc3c(Cl)cccc3C1)CC2. The summed E-state index contributed by atoms with van der Waals surface area (Å²) in [6.45, 7) is 2.55. The molecule has 2 heterocycles. The summed E-state index contributed by atoms with van der Waals surface area (Å²) < 4.78 is 0. The molecule has 0 aromatic heterocycles. The average Bonchev–Trinajstić information content (AvgIpc) is 3.05. The van der Waals surface area contributed by atoms with Crippen molar-refractivity contribution in [2.24, 2.45) is 0 Å². The zero-order valence-electron chi connectivity index (χ0n) is 16.4. The van der Waals surface area contributed by atoms with Gasteiger partial charge in [-0.2, -0.15) is 0 Å². The van der Waals surface area contributed by atoms with Gasteiger partial charge in [-0.3, -0.25) is 9.69 Å². The largest absolute Gasteiger partial charge is 0.339 e. The lowest BCUT2D eigenvalue weighted by Gasteiger charge is -2.46. The lowest BCUT2D eigenvalue weighted by atomic mass is 9.82. The van der Waals surface area contributed by atoms with Gasteiger partial charge in [0, 0.05) is 29.8 Å². The molecule has 0 bridgehead atoms. The number of carbonyl (C=O) groups is 1. The smallest absolute Gasteiger partial charge is 0.247 e. The Labute approximate surface area is 183 Å². The van der Waals surface area contributed by atoms with E-state index in [4.69, 9.17) is 11.6 Å². The van der Waals surface area contributed by atoms with Gasteiger partial charge in [-0.05, 0) is 61.4 Å². The predicted molar refractivity (Wildman–Crippen MR) is 120 cm³/mol. The molecule has 1 atom stereocenters. The Hall–Kier alpha value is -1.75. The van der Waals surface area contributed by atoms with Crippen LogP contribution in [0.1, 0.15) is 30.4 Å². The topological polar surface area (TPSA) is 35.6 Å². The summed E-state index contributed by atoms with van der Waals surface area (Å²) >= 11 is 6.38. The molecule has 2 aliphatic heterocycles. The van der Waals surface area contributed by atoms with Crippen LogP contribution in [-0.2, 0) is 17.6 Å². The molecule has 2 aromatic rings. The van der Waals surface area contributed by atoms with E-state index in [1.54, 1.807) is 0 Å². The van der Waals surface area contributed by atoms with E-state index in [-0.39, 0.29) is 18.3 Å². The zero-order chi connectivity index (χ0) is 19.1. The first-order valence-corrected chi connectivity index (χ1v) is 10.7. The van der Waals surface area contributed by atoms with E-state index in [9.17, 15) is 4.79 Å².